The van der Waals surface area contributed by atoms with E-state index in [0.717, 1.165) is 0 Å². The van der Waals surface area contributed by atoms with E-state index in [1.54, 1.807) is 5.57 Å². The summed E-state index contributed by atoms with van der Waals surface area (Å²) in [6.07, 6.45) is 14.0. The van der Waals surface area contributed by atoms with Crippen molar-refractivity contribution in [2.45, 2.75) is 74.1 Å². The monoisotopic (exact) mass is 414 g/mol. The van der Waals surface area contributed by atoms with Gasteiger partial charge >= 0.3 is 0 Å². The predicted molar refractivity (Wildman–Crippen MR) is 136 cm³/mol. The second-order valence-electron chi connectivity index (χ2n) is 13.2. The molecule has 4 unspecified atom stereocenters. The van der Waals surface area contributed by atoms with Crippen molar-refractivity contribution in [2.75, 3.05) is 0 Å². The van der Waals surface area contributed by atoms with Crippen LogP contribution in [0.4, 0.5) is 0 Å². The molecule has 0 aromatic heterocycles. The number of fused-ring (bicyclic) bond motifs is 3. The number of hydrogen-bond acceptors (Lipinski definition) is 0. The van der Waals surface area contributed by atoms with Crippen LogP contribution in [0.2, 0.25) is 0 Å². The summed E-state index contributed by atoms with van der Waals surface area (Å²) in [5, 5.41) is 0. The second kappa shape index (κ2) is 7.36. The predicted octanol–water partition coefficient (Wildman–Crippen LogP) is 8.76. The Morgan fingerprint density at radius 1 is 0.677 bits per heavy atom. The first kappa shape index (κ1) is 22.4. The molecule has 3 aliphatic carbocycles. The molecule has 0 saturated heterocycles. The molecule has 0 radical (unpaired) electrons. The van der Waals surface area contributed by atoms with Crippen LogP contribution in [0.5, 0.6) is 0 Å². The number of hydrogen-bond donors (Lipinski definition) is 0. The van der Waals surface area contributed by atoms with Crippen molar-refractivity contribution in [1.29, 1.82) is 0 Å². The number of rotatable bonds is 1. The lowest BCUT2D eigenvalue weighted by Gasteiger charge is -2.35. The highest BCUT2D eigenvalue weighted by Gasteiger charge is 2.45. The first-order valence-electron chi connectivity index (χ1n) is 12.2. The zero-order valence-corrected chi connectivity index (χ0v) is 21.2. The molecule has 0 amide bonds. The van der Waals surface area contributed by atoms with Gasteiger partial charge in [0.1, 0.15) is 0 Å². The van der Waals surface area contributed by atoms with Crippen molar-refractivity contribution < 1.29 is 0 Å². The molecule has 4 atom stereocenters. The fraction of sp³-hybridized carbons (Fsp3) is 0.548. The summed E-state index contributed by atoms with van der Waals surface area (Å²) in [5.74, 6) is 2.49. The molecular weight excluding hydrogens is 372 g/mol. The second-order valence-corrected chi connectivity index (χ2v) is 13.2. The molecular formula is C31H42. The maximum atomic E-state index is 2.62. The Bertz CT molecular complexity index is 955. The lowest BCUT2D eigenvalue weighted by atomic mass is 9.69. The zero-order chi connectivity index (χ0) is 22.8. The van der Waals surface area contributed by atoms with E-state index >= 15 is 0 Å². The minimum atomic E-state index is 0.178. The van der Waals surface area contributed by atoms with Crippen LogP contribution in [-0.2, 0) is 5.41 Å². The molecule has 0 aliphatic heterocycles. The van der Waals surface area contributed by atoms with Crippen molar-refractivity contribution in [3.63, 3.8) is 0 Å². The average molecular weight is 415 g/mol. The Hall–Kier alpha value is -1.82. The molecule has 31 heavy (non-hydrogen) atoms. The highest BCUT2D eigenvalue weighted by atomic mass is 14.5. The van der Waals surface area contributed by atoms with E-state index in [1.165, 1.54) is 28.7 Å². The van der Waals surface area contributed by atoms with Gasteiger partial charge in [-0.05, 0) is 74.2 Å². The summed E-state index contributed by atoms with van der Waals surface area (Å²) in [6.45, 7) is 21.0. The van der Waals surface area contributed by atoms with E-state index in [1.807, 2.05) is 0 Å². The smallest absolute Gasteiger partial charge is 0.00239 e. The Kier molecular flexibility index (Phi) is 5.31. The molecule has 0 nitrogen and oxygen atoms in total. The van der Waals surface area contributed by atoms with Crippen LogP contribution in [0.15, 0.2) is 65.8 Å². The average Bonchev–Trinajstić information content (AvgIpc) is 3.03. The summed E-state index contributed by atoms with van der Waals surface area (Å²) in [4.78, 5) is 0. The Balaban J connectivity index is 1.76. The van der Waals surface area contributed by atoms with E-state index < -0.39 is 0 Å². The minimum Gasteiger partial charge on any atom is -0.0799 e. The standard InChI is InChI=1S/C31H42/c1-29(2,3)23-12-10-20(11-13-23)27-19-25(31(7,8)9)18-22-16-21-17-24(30(4,5)6)14-15-26(21)28(22)27/h10-15,17-19,21-22,26,28H,16H2,1-9H3. The maximum absolute atomic E-state index is 2.62. The van der Waals surface area contributed by atoms with Gasteiger partial charge in [0, 0.05) is 0 Å². The van der Waals surface area contributed by atoms with Crippen LogP contribution in [0.1, 0.15) is 79.9 Å². The first-order chi connectivity index (χ1) is 14.2. The maximum Gasteiger partial charge on any atom is -0.00239 e. The van der Waals surface area contributed by atoms with Crippen molar-refractivity contribution in [3.8, 4) is 0 Å². The van der Waals surface area contributed by atoms with Crippen LogP contribution in [0.3, 0.4) is 0 Å². The topological polar surface area (TPSA) is 0 Å². The van der Waals surface area contributed by atoms with Crippen LogP contribution in [0.25, 0.3) is 5.57 Å². The van der Waals surface area contributed by atoms with Crippen LogP contribution < -0.4 is 0 Å². The molecule has 1 aromatic carbocycles. The van der Waals surface area contributed by atoms with Crippen molar-refractivity contribution in [2.24, 2.45) is 34.5 Å². The lowest BCUT2D eigenvalue weighted by Crippen LogP contribution is -2.24. The molecule has 1 fully saturated rings. The SMILES string of the molecule is CC(C)(C)C1=CC2CC3C=C(C(C)(C)C)C=C(c4ccc(C(C)(C)C)cc4)C3C2C=C1. The molecule has 0 bridgehead atoms. The molecule has 4 rings (SSSR count). The summed E-state index contributed by atoms with van der Waals surface area (Å²) in [5.41, 5.74) is 7.99. The quantitative estimate of drug-likeness (QED) is 0.431. The minimum absolute atomic E-state index is 0.178. The van der Waals surface area contributed by atoms with Gasteiger partial charge in [-0.1, -0.05) is 117 Å². The summed E-state index contributed by atoms with van der Waals surface area (Å²) in [7, 11) is 0. The molecule has 0 heteroatoms. The van der Waals surface area contributed by atoms with E-state index in [0.29, 0.717) is 23.7 Å². The van der Waals surface area contributed by atoms with Gasteiger partial charge in [0.2, 0.25) is 0 Å². The van der Waals surface area contributed by atoms with Crippen molar-refractivity contribution in [1.82, 2.24) is 0 Å². The van der Waals surface area contributed by atoms with Gasteiger partial charge in [0.05, 0.1) is 0 Å². The largest absolute Gasteiger partial charge is 0.0799 e. The van der Waals surface area contributed by atoms with Gasteiger partial charge < -0.3 is 0 Å². The van der Waals surface area contributed by atoms with Gasteiger partial charge in [0.25, 0.3) is 0 Å². The van der Waals surface area contributed by atoms with Crippen LogP contribution >= 0.6 is 0 Å². The summed E-state index contributed by atoms with van der Waals surface area (Å²) < 4.78 is 0. The van der Waals surface area contributed by atoms with E-state index in [-0.39, 0.29) is 16.2 Å². The van der Waals surface area contributed by atoms with Gasteiger partial charge in [-0.3, -0.25) is 0 Å². The molecule has 1 saturated carbocycles. The van der Waals surface area contributed by atoms with Crippen molar-refractivity contribution >= 4 is 5.57 Å². The Morgan fingerprint density at radius 2 is 1.26 bits per heavy atom. The Morgan fingerprint density at radius 3 is 1.81 bits per heavy atom. The fourth-order valence-electron chi connectivity index (χ4n) is 5.67. The Labute approximate surface area is 191 Å². The summed E-state index contributed by atoms with van der Waals surface area (Å²) >= 11 is 0. The van der Waals surface area contributed by atoms with Crippen molar-refractivity contribution in [3.05, 3.63) is 76.9 Å². The fourth-order valence-corrected chi connectivity index (χ4v) is 5.67. The number of allylic oxidation sites excluding steroid dienone is 8. The van der Waals surface area contributed by atoms with Gasteiger partial charge in [-0.25, -0.2) is 0 Å². The highest BCUT2D eigenvalue weighted by molar-refractivity contribution is 5.74. The third kappa shape index (κ3) is 4.28. The van der Waals surface area contributed by atoms with Gasteiger partial charge in [-0.2, -0.15) is 0 Å². The van der Waals surface area contributed by atoms with E-state index in [2.05, 4.69) is 117 Å². The molecule has 0 spiro atoms. The lowest BCUT2D eigenvalue weighted by molar-refractivity contribution is 0.443. The third-order valence-electron chi connectivity index (χ3n) is 7.69. The molecule has 3 aliphatic rings. The molecule has 0 heterocycles. The molecule has 1 aromatic rings. The van der Waals surface area contributed by atoms with E-state index in [4.69, 9.17) is 0 Å². The van der Waals surface area contributed by atoms with E-state index in [9.17, 15) is 0 Å². The third-order valence-corrected chi connectivity index (χ3v) is 7.69. The highest BCUT2D eigenvalue weighted by Crippen LogP contribution is 2.55. The molecule has 166 valence electrons. The normalized spacial score (nSPS) is 28.5. The molecule has 0 N–H and O–H groups in total. The van der Waals surface area contributed by atoms with Gasteiger partial charge in [-0.15, -0.1) is 0 Å². The van der Waals surface area contributed by atoms with Crippen LogP contribution in [-0.4, -0.2) is 0 Å². The summed E-state index contributed by atoms with van der Waals surface area (Å²) in [6, 6.07) is 9.46. The van der Waals surface area contributed by atoms with Gasteiger partial charge in [0.15, 0.2) is 0 Å². The zero-order valence-electron chi connectivity index (χ0n) is 21.2. The first-order valence-corrected chi connectivity index (χ1v) is 12.2. The van der Waals surface area contributed by atoms with Crippen LogP contribution in [0, 0.1) is 34.5 Å². The number of benzene rings is 1.